The number of likely N-dealkylation sites (tertiary alicyclic amines) is 2. The topological polar surface area (TPSA) is 122 Å². The summed E-state index contributed by atoms with van der Waals surface area (Å²) in [5.41, 5.74) is 3.27. The van der Waals surface area contributed by atoms with E-state index >= 15 is 4.39 Å². The zero-order chi connectivity index (χ0) is 33.6. The third kappa shape index (κ3) is 6.33. The molecule has 47 heavy (non-hydrogen) atoms. The zero-order valence-corrected chi connectivity index (χ0v) is 28.2. The number of carbonyl (C=O) groups excluding carboxylic acids is 1. The van der Waals surface area contributed by atoms with Crippen molar-refractivity contribution in [2.45, 2.75) is 103 Å². The molecule has 0 spiro atoms. The minimum Gasteiger partial charge on any atom is -0.471 e. The Balaban J connectivity index is 1.47. The normalized spacial score (nSPS) is 21.3. The van der Waals surface area contributed by atoms with Crippen molar-refractivity contribution in [3.63, 3.8) is 0 Å². The van der Waals surface area contributed by atoms with Gasteiger partial charge in [-0.15, -0.1) is 5.10 Å². The van der Waals surface area contributed by atoms with Crippen molar-refractivity contribution in [3.8, 4) is 23.1 Å². The molecule has 5 heterocycles. The molecular weight excluding hydrogens is 599 g/mol. The van der Waals surface area contributed by atoms with Crippen LogP contribution in [0.25, 0.3) is 33.1 Å². The predicted molar refractivity (Wildman–Crippen MR) is 176 cm³/mol. The van der Waals surface area contributed by atoms with E-state index < -0.39 is 17.5 Å². The number of carbonyl (C=O) groups is 1. The zero-order valence-electron chi connectivity index (χ0n) is 28.2. The second-order valence-corrected chi connectivity index (χ2v) is 14.0. The molecule has 6 rings (SSSR count). The van der Waals surface area contributed by atoms with Crippen LogP contribution in [0.3, 0.4) is 0 Å². The highest BCUT2D eigenvalue weighted by atomic mass is 19.1. The smallest absolute Gasteiger partial charge is 0.410 e. The average Bonchev–Trinajstić information content (AvgIpc) is 3.65. The first-order valence-corrected chi connectivity index (χ1v) is 16.4. The minimum absolute atomic E-state index is 0.146. The fourth-order valence-electron chi connectivity index (χ4n) is 7.10. The number of aryl methyl sites for hydroxylation is 2. The number of nitrogens with zero attached hydrogens (tertiary/aromatic N) is 8. The number of piperidine rings is 1. The lowest BCUT2D eigenvalue weighted by molar-refractivity contribution is 0.00557. The average molecular weight is 643 g/mol. The van der Waals surface area contributed by atoms with Gasteiger partial charge in [-0.3, -0.25) is 9.88 Å². The van der Waals surface area contributed by atoms with Gasteiger partial charge < -0.3 is 14.4 Å². The molecule has 12 heteroatoms. The van der Waals surface area contributed by atoms with Crippen LogP contribution in [0.1, 0.15) is 77.1 Å². The molecule has 2 aliphatic heterocycles. The fourth-order valence-corrected chi connectivity index (χ4v) is 7.10. The molecule has 2 aliphatic rings. The number of amides is 1. The molecule has 0 N–H and O–H groups in total. The predicted octanol–water partition coefficient (Wildman–Crippen LogP) is 6.51. The van der Waals surface area contributed by atoms with Crippen molar-refractivity contribution in [1.29, 1.82) is 5.26 Å². The van der Waals surface area contributed by atoms with E-state index in [1.807, 2.05) is 64.4 Å². The van der Waals surface area contributed by atoms with Crippen LogP contribution in [-0.2, 0) is 4.74 Å². The molecule has 0 aliphatic carbocycles. The summed E-state index contributed by atoms with van der Waals surface area (Å²) in [7, 11) is 2.09. The van der Waals surface area contributed by atoms with Gasteiger partial charge in [-0.05, 0) is 98.5 Å². The van der Waals surface area contributed by atoms with E-state index in [1.165, 1.54) is 0 Å². The Morgan fingerprint density at radius 1 is 1.19 bits per heavy atom. The Hall–Kier alpha value is -4.37. The van der Waals surface area contributed by atoms with Gasteiger partial charge in [0.1, 0.15) is 22.7 Å². The summed E-state index contributed by atoms with van der Waals surface area (Å²) in [6.45, 7) is 12.6. The Morgan fingerprint density at radius 2 is 1.98 bits per heavy atom. The van der Waals surface area contributed by atoms with Crippen LogP contribution in [0.15, 0.2) is 24.4 Å². The highest BCUT2D eigenvalue weighted by Gasteiger charge is 2.37. The van der Waals surface area contributed by atoms with Crippen molar-refractivity contribution < 1.29 is 18.7 Å². The van der Waals surface area contributed by atoms with E-state index in [-0.39, 0.29) is 42.0 Å². The third-order valence-corrected chi connectivity index (χ3v) is 9.41. The molecule has 0 radical (unpaired) electrons. The molecule has 3 aromatic heterocycles. The number of ether oxygens (including phenoxy) is 2. The van der Waals surface area contributed by atoms with Gasteiger partial charge in [0.25, 0.3) is 0 Å². The molecule has 0 bridgehead atoms. The molecule has 0 unspecified atom stereocenters. The van der Waals surface area contributed by atoms with Gasteiger partial charge in [0.05, 0.1) is 24.6 Å². The standard InChI is InChI=1S/C35H43FN8O3/c1-20-17-26-30(29(36)28(20)23-11-10-21(2)38-19-23)39-33(46-22(3)27-9-8-15-42(27)7)31-32(26)44(41-40-31)25-13-16-43(24(18-25)12-14-37)34(45)47-35(4,5)6/h10-11,17,19,22,24-25,27H,8-9,12-13,15-16,18H2,1-7H3/t22-,24+,25-,27-/m0/s1. The van der Waals surface area contributed by atoms with Crippen molar-refractivity contribution >= 4 is 28.0 Å². The molecular formula is C35H43FN8O3. The van der Waals surface area contributed by atoms with E-state index in [9.17, 15) is 10.1 Å². The Morgan fingerprint density at radius 3 is 2.64 bits per heavy atom. The van der Waals surface area contributed by atoms with E-state index in [1.54, 1.807) is 11.1 Å². The first-order valence-electron chi connectivity index (χ1n) is 16.4. The molecule has 2 fully saturated rings. The summed E-state index contributed by atoms with van der Waals surface area (Å²) < 4.78 is 30.8. The van der Waals surface area contributed by atoms with Crippen LogP contribution >= 0.6 is 0 Å². The first-order chi connectivity index (χ1) is 22.4. The minimum atomic E-state index is -0.657. The number of rotatable bonds is 6. The first kappa shape index (κ1) is 32.6. The number of hydrogen-bond donors (Lipinski definition) is 0. The van der Waals surface area contributed by atoms with Crippen LogP contribution in [0.4, 0.5) is 9.18 Å². The van der Waals surface area contributed by atoms with Crippen molar-refractivity contribution in [2.24, 2.45) is 0 Å². The molecule has 1 aromatic carbocycles. The molecule has 4 atom stereocenters. The van der Waals surface area contributed by atoms with Crippen LogP contribution in [-0.4, -0.2) is 84.8 Å². The molecule has 2 saturated heterocycles. The van der Waals surface area contributed by atoms with Gasteiger partial charge in [0.15, 0.2) is 11.3 Å². The van der Waals surface area contributed by atoms with E-state index in [4.69, 9.17) is 14.5 Å². The van der Waals surface area contributed by atoms with Gasteiger partial charge in [0, 0.05) is 41.0 Å². The number of likely N-dealkylation sites (N-methyl/N-ethyl adjacent to an activating group) is 1. The van der Waals surface area contributed by atoms with Gasteiger partial charge in [0.2, 0.25) is 5.88 Å². The monoisotopic (exact) mass is 642 g/mol. The van der Waals surface area contributed by atoms with Crippen LogP contribution in [0, 0.1) is 31.0 Å². The lowest BCUT2D eigenvalue weighted by atomic mass is 9.94. The van der Waals surface area contributed by atoms with Gasteiger partial charge in [-0.2, -0.15) is 5.26 Å². The third-order valence-electron chi connectivity index (χ3n) is 9.41. The summed E-state index contributed by atoms with van der Waals surface area (Å²) in [5, 5.41) is 19.4. The maximum atomic E-state index is 16.7. The summed E-state index contributed by atoms with van der Waals surface area (Å²) in [5.74, 6) is -0.222. The fraction of sp³-hybridized carbons (Fsp3) is 0.543. The maximum absolute atomic E-state index is 16.7. The lowest BCUT2D eigenvalue weighted by Gasteiger charge is -2.39. The summed E-state index contributed by atoms with van der Waals surface area (Å²) in [4.78, 5) is 26.2. The molecule has 4 aromatic rings. The van der Waals surface area contributed by atoms with Crippen molar-refractivity contribution in [3.05, 3.63) is 41.5 Å². The van der Waals surface area contributed by atoms with E-state index in [0.29, 0.717) is 46.9 Å². The van der Waals surface area contributed by atoms with Crippen LogP contribution in [0.2, 0.25) is 0 Å². The molecule has 1 amide bonds. The molecule has 248 valence electrons. The summed E-state index contributed by atoms with van der Waals surface area (Å²) in [6, 6.07) is 7.50. The number of hydrogen-bond acceptors (Lipinski definition) is 9. The number of benzene rings is 1. The Kier molecular flexibility index (Phi) is 8.78. The SMILES string of the molecule is Cc1ccc(-c2c(C)cc3c(nc(O[C@@H](C)[C@@H]4CCCN4C)c4nnn([C@H]5CCN(C(=O)OC(C)(C)C)[C@H](CC#N)C5)c43)c2F)cn1. The largest absolute Gasteiger partial charge is 0.471 e. The van der Waals surface area contributed by atoms with E-state index in [0.717, 1.165) is 30.6 Å². The summed E-state index contributed by atoms with van der Waals surface area (Å²) in [6.07, 6.45) is 4.27. The number of fused-ring (bicyclic) bond motifs is 3. The Labute approximate surface area is 274 Å². The number of aromatic nitrogens is 5. The van der Waals surface area contributed by atoms with Crippen molar-refractivity contribution in [1.82, 2.24) is 34.8 Å². The molecule has 0 saturated carbocycles. The number of pyridine rings is 2. The molecule has 11 nitrogen and oxygen atoms in total. The highest BCUT2D eigenvalue weighted by Crippen LogP contribution is 2.40. The Bertz CT molecular complexity index is 1840. The van der Waals surface area contributed by atoms with Crippen LogP contribution < -0.4 is 4.74 Å². The lowest BCUT2D eigenvalue weighted by Crippen LogP contribution is -2.48. The van der Waals surface area contributed by atoms with Gasteiger partial charge in [-0.25, -0.2) is 18.9 Å². The highest BCUT2D eigenvalue weighted by molar-refractivity contribution is 6.06. The summed E-state index contributed by atoms with van der Waals surface area (Å²) >= 11 is 0. The van der Waals surface area contributed by atoms with Gasteiger partial charge in [-0.1, -0.05) is 11.3 Å². The second-order valence-electron chi connectivity index (χ2n) is 14.0. The maximum Gasteiger partial charge on any atom is 0.410 e. The number of halogens is 1. The van der Waals surface area contributed by atoms with E-state index in [2.05, 4.69) is 33.3 Å². The van der Waals surface area contributed by atoms with Crippen molar-refractivity contribution in [2.75, 3.05) is 20.1 Å². The number of nitriles is 1. The second kappa shape index (κ2) is 12.7. The van der Waals surface area contributed by atoms with Crippen LogP contribution in [0.5, 0.6) is 5.88 Å². The van der Waals surface area contributed by atoms with Gasteiger partial charge >= 0.3 is 6.09 Å². The quantitative estimate of drug-likeness (QED) is 0.232.